The van der Waals surface area contributed by atoms with Crippen LogP contribution in [0.15, 0.2) is 30.3 Å². The maximum absolute atomic E-state index is 9.79. The van der Waals surface area contributed by atoms with E-state index in [9.17, 15) is 5.11 Å². The highest BCUT2D eigenvalue weighted by atomic mass is 16.3. The van der Waals surface area contributed by atoms with Gasteiger partial charge in [0.1, 0.15) is 5.82 Å². The molecule has 1 unspecified atom stereocenters. The van der Waals surface area contributed by atoms with Crippen LogP contribution in [0.1, 0.15) is 38.2 Å². The highest BCUT2D eigenvalue weighted by Gasteiger charge is 2.31. The normalized spacial score (nSPS) is 23.2. The second-order valence-corrected chi connectivity index (χ2v) is 7.27. The van der Waals surface area contributed by atoms with Gasteiger partial charge in [-0.25, -0.2) is 4.98 Å². The minimum absolute atomic E-state index is 0.0518. The van der Waals surface area contributed by atoms with E-state index in [-0.39, 0.29) is 6.61 Å². The van der Waals surface area contributed by atoms with Gasteiger partial charge in [0, 0.05) is 36.1 Å². The molecule has 1 aromatic carbocycles. The molecule has 0 saturated carbocycles. The summed E-state index contributed by atoms with van der Waals surface area (Å²) in [6.45, 7) is 5.75. The van der Waals surface area contributed by atoms with Gasteiger partial charge in [-0.15, -0.1) is 0 Å². The van der Waals surface area contributed by atoms with Crippen LogP contribution >= 0.6 is 0 Å². The van der Waals surface area contributed by atoms with Gasteiger partial charge in [0.2, 0.25) is 0 Å². The molecule has 1 N–H and O–H groups in total. The van der Waals surface area contributed by atoms with Gasteiger partial charge in [-0.2, -0.15) is 0 Å². The largest absolute Gasteiger partial charge is 0.392 e. The second kappa shape index (κ2) is 6.69. The molecule has 0 spiro atoms. The number of aliphatic hydroxyl groups excluding tert-OH is 1. The number of rotatable bonds is 3. The summed E-state index contributed by atoms with van der Waals surface area (Å²) in [7, 11) is 0. The van der Waals surface area contributed by atoms with E-state index >= 15 is 0 Å². The maximum Gasteiger partial charge on any atom is 0.134 e. The molecule has 0 aliphatic carbocycles. The van der Waals surface area contributed by atoms with Crippen LogP contribution in [0.4, 0.5) is 5.82 Å². The van der Waals surface area contributed by atoms with Gasteiger partial charge in [-0.3, -0.25) is 4.90 Å². The quantitative estimate of drug-likeness (QED) is 0.941. The van der Waals surface area contributed by atoms with Gasteiger partial charge in [0.25, 0.3) is 0 Å². The zero-order valence-corrected chi connectivity index (χ0v) is 14.5. The van der Waals surface area contributed by atoms with Crippen molar-refractivity contribution in [2.24, 2.45) is 0 Å². The van der Waals surface area contributed by atoms with Crippen molar-refractivity contribution < 1.29 is 5.11 Å². The molecule has 2 saturated heterocycles. The first-order valence-corrected chi connectivity index (χ1v) is 9.26. The number of hydrogen-bond acceptors (Lipinski definition) is 4. The third-order valence-corrected chi connectivity index (χ3v) is 5.79. The smallest absolute Gasteiger partial charge is 0.134 e. The molecule has 2 aromatic rings. The number of nitrogens with zero attached hydrogens (tertiary/aromatic N) is 3. The van der Waals surface area contributed by atoms with Crippen molar-refractivity contribution in [2.75, 3.05) is 24.5 Å². The molecule has 2 aliphatic rings. The van der Waals surface area contributed by atoms with Crippen molar-refractivity contribution in [1.29, 1.82) is 0 Å². The minimum Gasteiger partial charge on any atom is -0.392 e. The van der Waals surface area contributed by atoms with Gasteiger partial charge in [0.05, 0.1) is 12.1 Å². The lowest BCUT2D eigenvalue weighted by Gasteiger charge is -2.39. The number of fused-ring (bicyclic) bond motifs is 1. The highest BCUT2D eigenvalue weighted by Crippen LogP contribution is 2.30. The number of pyridine rings is 1. The van der Waals surface area contributed by atoms with E-state index < -0.39 is 0 Å². The second-order valence-electron chi connectivity index (χ2n) is 7.27. The number of hydrogen-bond donors (Lipinski definition) is 1. The molecule has 128 valence electrons. The summed E-state index contributed by atoms with van der Waals surface area (Å²) in [5.41, 5.74) is 1.96. The van der Waals surface area contributed by atoms with E-state index in [1.165, 1.54) is 32.2 Å². The summed E-state index contributed by atoms with van der Waals surface area (Å²) in [6, 6.07) is 11.7. The van der Waals surface area contributed by atoms with Crippen LogP contribution in [0.2, 0.25) is 0 Å². The number of anilines is 1. The van der Waals surface area contributed by atoms with Crippen LogP contribution in [-0.2, 0) is 6.61 Å². The summed E-state index contributed by atoms with van der Waals surface area (Å²) < 4.78 is 0. The van der Waals surface area contributed by atoms with E-state index in [1.807, 2.05) is 12.1 Å². The third-order valence-electron chi connectivity index (χ3n) is 5.79. The Balaban J connectivity index is 1.53. The molecule has 3 heterocycles. The van der Waals surface area contributed by atoms with Crippen molar-refractivity contribution >= 4 is 16.7 Å². The summed E-state index contributed by atoms with van der Waals surface area (Å²) >= 11 is 0. The average Bonchev–Trinajstić information content (AvgIpc) is 3.06. The van der Waals surface area contributed by atoms with Gasteiger partial charge in [-0.05, 0) is 51.3 Å². The molecule has 4 nitrogen and oxygen atoms in total. The third kappa shape index (κ3) is 2.89. The zero-order chi connectivity index (χ0) is 16.5. The van der Waals surface area contributed by atoms with Crippen LogP contribution in [0.3, 0.4) is 0 Å². The Morgan fingerprint density at radius 1 is 1.12 bits per heavy atom. The van der Waals surface area contributed by atoms with Crippen LogP contribution < -0.4 is 4.90 Å². The van der Waals surface area contributed by atoms with E-state index in [1.54, 1.807) is 0 Å². The molecule has 4 rings (SSSR count). The van der Waals surface area contributed by atoms with Crippen molar-refractivity contribution in [2.45, 2.75) is 51.3 Å². The minimum atomic E-state index is 0.0518. The Hall–Kier alpha value is -1.65. The summed E-state index contributed by atoms with van der Waals surface area (Å²) in [6.07, 6.45) is 5.09. The number of likely N-dealkylation sites (tertiary alicyclic amines) is 1. The molecule has 0 bridgehead atoms. The molecule has 1 atom stereocenters. The number of aromatic nitrogens is 1. The fourth-order valence-electron chi connectivity index (χ4n) is 4.45. The fourth-order valence-corrected chi connectivity index (χ4v) is 4.45. The van der Waals surface area contributed by atoms with Crippen molar-refractivity contribution in [3.63, 3.8) is 0 Å². The van der Waals surface area contributed by atoms with Gasteiger partial charge in [-0.1, -0.05) is 18.2 Å². The lowest BCUT2D eigenvalue weighted by molar-refractivity contribution is 0.163. The fraction of sp³-hybridized carbons (Fsp3) is 0.550. The van der Waals surface area contributed by atoms with E-state index in [2.05, 4.69) is 34.9 Å². The van der Waals surface area contributed by atoms with Gasteiger partial charge >= 0.3 is 0 Å². The molecule has 0 amide bonds. The van der Waals surface area contributed by atoms with Gasteiger partial charge in [0.15, 0.2) is 0 Å². The lowest BCUT2D eigenvalue weighted by Crippen LogP contribution is -2.46. The van der Waals surface area contributed by atoms with Crippen molar-refractivity contribution in [3.8, 4) is 0 Å². The Labute approximate surface area is 144 Å². The SMILES string of the molecule is CC1CCCN1C1CCN(c2nc3ccccc3cc2CO)CC1. The Kier molecular flexibility index (Phi) is 4.42. The number of para-hydroxylation sites is 1. The van der Waals surface area contributed by atoms with Crippen LogP contribution in [0, 0.1) is 0 Å². The summed E-state index contributed by atoms with van der Waals surface area (Å²) in [5.74, 6) is 0.976. The zero-order valence-electron chi connectivity index (χ0n) is 14.5. The van der Waals surface area contributed by atoms with Crippen molar-refractivity contribution in [3.05, 3.63) is 35.9 Å². The van der Waals surface area contributed by atoms with Crippen LogP contribution in [0.5, 0.6) is 0 Å². The molecular weight excluding hydrogens is 298 g/mol. The summed E-state index contributed by atoms with van der Waals surface area (Å²) in [4.78, 5) is 9.94. The molecule has 4 heteroatoms. The average molecular weight is 325 g/mol. The number of piperidine rings is 1. The number of aliphatic hydroxyl groups is 1. The molecule has 0 radical (unpaired) electrons. The first-order valence-electron chi connectivity index (χ1n) is 9.26. The van der Waals surface area contributed by atoms with E-state index in [4.69, 9.17) is 4.98 Å². The Morgan fingerprint density at radius 2 is 1.92 bits per heavy atom. The Bertz CT molecular complexity index is 709. The van der Waals surface area contributed by atoms with Gasteiger partial charge < -0.3 is 10.0 Å². The Morgan fingerprint density at radius 3 is 2.62 bits per heavy atom. The molecule has 24 heavy (non-hydrogen) atoms. The molecule has 2 aliphatic heterocycles. The standard InChI is InChI=1S/C20H27N3O/c1-15-5-4-10-23(15)18-8-11-22(12-9-18)20-17(14-24)13-16-6-2-3-7-19(16)21-20/h2-3,6-7,13,15,18,24H,4-5,8-12,14H2,1H3. The van der Waals surface area contributed by atoms with E-state index in [0.29, 0.717) is 0 Å². The summed E-state index contributed by atoms with van der Waals surface area (Å²) in [5, 5.41) is 10.9. The molecule has 2 fully saturated rings. The monoisotopic (exact) mass is 325 g/mol. The van der Waals surface area contributed by atoms with E-state index in [0.717, 1.165) is 47.5 Å². The predicted molar refractivity (Wildman–Crippen MR) is 98.3 cm³/mol. The predicted octanol–water partition coefficient (Wildman–Crippen LogP) is 3.18. The van der Waals surface area contributed by atoms with Crippen LogP contribution in [0.25, 0.3) is 10.9 Å². The molecule has 1 aromatic heterocycles. The topological polar surface area (TPSA) is 39.6 Å². The number of benzene rings is 1. The first-order chi connectivity index (χ1) is 11.8. The lowest BCUT2D eigenvalue weighted by atomic mass is 10.0. The highest BCUT2D eigenvalue weighted by molar-refractivity contribution is 5.81. The van der Waals surface area contributed by atoms with Crippen LogP contribution in [-0.4, -0.2) is 46.7 Å². The molecular formula is C20H27N3O. The first kappa shape index (κ1) is 15.9. The van der Waals surface area contributed by atoms with Crippen molar-refractivity contribution in [1.82, 2.24) is 9.88 Å². The maximum atomic E-state index is 9.79.